The van der Waals surface area contributed by atoms with Crippen molar-refractivity contribution in [3.63, 3.8) is 0 Å². The molecule has 0 aromatic heterocycles. The first kappa shape index (κ1) is 15.2. The number of likely N-dealkylation sites (tertiary alicyclic amines) is 1. The van der Waals surface area contributed by atoms with Crippen LogP contribution in [0.25, 0.3) is 0 Å². The number of halogens is 1. The smallest absolute Gasteiger partial charge is 0.226 e. The molecule has 6 heteroatoms. The lowest BCUT2D eigenvalue weighted by Gasteiger charge is -2.35. The first-order chi connectivity index (χ1) is 8.20. The summed E-state index contributed by atoms with van der Waals surface area (Å²) in [6, 6.07) is 0.408. The van der Waals surface area contributed by atoms with Gasteiger partial charge in [0.15, 0.2) is 0 Å². The van der Waals surface area contributed by atoms with Crippen molar-refractivity contribution in [1.82, 2.24) is 15.5 Å². The molecule has 2 aliphatic rings. The highest BCUT2D eigenvalue weighted by atomic mass is 35.5. The van der Waals surface area contributed by atoms with E-state index in [0.717, 1.165) is 32.4 Å². The number of nitrogens with zero attached hydrogens (tertiary/aromatic N) is 1. The minimum absolute atomic E-state index is 0. The first-order valence-electron chi connectivity index (χ1n) is 6.43. The van der Waals surface area contributed by atoms with Crippen molar-refractivity contribution >= 4 is 24.2 Å². The fraction of sp³-hybridized carbons (Fsp3) is 0.833. The minimum Gasteiger partial charge on any atom is -0.356 e. The Kier molecular flexibility index (Phi) is 5.88. The zero-order valence-electron chi connectivity index (χ0n) is 10.8. The Bertz CT molecular complexity index is 312. The van der Waals surface area contributed by atoms with Crippen molar-refractivity contribution in [2.75, 3.05) is 26.7 Å². The molecule has 2 N–H and O–H groups in total. The Labute approximate surface area is 114 Å². The predicted octanol–water partition coefficient (Wildman–Crippen LogP) is 0.145. The van der Waals surface area contributed by atoms with Gasteiger partial charge in [0.2, 0.25) is 11.8 Å². The Hall–Kier alpha value is -0.810. The van der Waals surface area contributed by atoms with Crippen LogP contribution in [0.5, 0.6) is 0 Å². The van der Waals surface area contributed by atoms with Crippen molar-refractivity contribution in [3.05, 3.63) is 0 Å². The van der Waals surface area contributed by atoms with Gasteiger partial charge >= 0.3 is 0 Å². The van der Waals surface area contributed by atoms with E-state index in [1.54, 1.807) is 0 Å². The second-order valence-electron chi connectivity index (χ2n) is 4.95. The van der Waals surface area contributed by atoms with Crippen molar-refractivity contribution in [3.8, 4) is 0 Å². The first-order valence-corrected chi connectivity index (χ1v) is 6.43. The van der Waals surface area contributed by atoms with Gasteiger partial charge in [-0.2, -0.15) is 0 Å². The topological polar surface area (TPSA) is 61.4 Å². The summed E-state index contributed by atoms with van der Waals surface area (Å²) in [5.74, 6) is 0.0796. The summed E-state index contributed by atoms with van der Waals surface area (Å²) < 4.78 is 0. The Morgan fingerprint density at radius 3 is 2.89 bits per heavy atom. The molecule has 2 saturated heterocycles. The van der Waals surface area contributed by atoms with E-state index in [1.807, 2.05) is 11.9 Å². The fourth-order valence-electron chi connectivity index (χ4n) is 2.67. The Morgan fingerprint density at radius 2 is 2.22 bits per heavy atom. The number of hydrogen-bond donors (Lipinski definition) is 2. The Morgan fingerprint density at radius 1 is 1.44 bits per heavy atom. The van der Waals surface area contributed by atoms with E-state index in [0.29, 0.717) is 19.0 Å². The molecule has 5 nitrogen and oxygen atoms in total. The maximum atomic E-state index is 12.3. The molecular weight excluding hydrogens is 254 g/mol. The quantitative estimate of drug-likeness (QED) is 0.754. The van der Waals surface area contributed by atoms with Crippen LogP contribution in [-0.4, -0.2) is 49.4 Å². The second kappa shape index (κ2) is 6.95. The second-order valence-corrected chi connectivity index (χ2v) is 4.95. The summed E-state index contributed by atoms with van der Waals surface area (Å²) in [7, 11) is 1.94. The van der Waals surface area contributed by atoms with Gasteiger partial charge in [0.05, 0.1) is 0 Å². The monoisotopic (exact) mass is 275 g/mol. The average Bonchev–Trinajstić information content (AvgIpc) is 2.38. The van der Waals surface area contributed by atoms with Crippen molar-refractivity contribution in [2.24, 2.45) is 5.92 Å². The van der Waals surface area contributed by atoms with Gasteiger partial charge in [-0.3, -0.25) is 9.59 Å². The molecule has 0 radical (unpaired) electrons. The van der Waals surface area contributed by atoms with Gasteiger partial charge in [-0.05, 0) is 26.3 Å². The highest BCUT2D eigenvalue weighted by Gasteiger charge is 2.31. The zero-order chi connectivity index (χ0) is 12.3. The molecule has 2 atom stereocenters. The fourth-order valence-corrected chi connectivity index (χ4v) is 2.67. The molecule has 2 unspecified atom stereocenters. The van der Waals surface area contributed by atoms with Gasteiger partial charge in [0, 0.05) is 38.0 Å². The molecule has 2 heterocycles. The van der Waals surface area contributed by atoms with E-state index < -0.39 is 0 Å². The van der Waals surface area contributed by atoms with Crippen LogP contribution in [0.15, 0.2) is 0 Å². The van der Waals surface area contributed by atoms with Crippen molar-refractivity contribution in [1.29, 1.82) is 0 Å². The molecular formula is C12H22ClN3O2. The van der Waals surface area contributed by atoms with E-state index in [2.05, 4.69) is 10.6 Å². The molecule has 2 amide bonds. The molecule has 2 aliphatic heterocycles. The number of piperidine rings is 2. The molecule has 2 fully saturated rings. The number of amides is 2. The summed E-state index contributed by atoms with van der Waals surface area (Å²) in [5.41, 5.74) is 0. The van der Waals surface area contributed by atoms with E-state index in [4.69, 9.17) is 0 Å². The van der Waals surface area contributed by atoms with Crippen LogP contribution in [0.2, 0.25) is 0 Å². The SMILES string of the molecule is CNC1CCCN(C(=O)C2CCNC(=O)C2)C1.Cl. The largest absolute Gasteiger partial charge is 0.356 e. The lowest BCUT2D eigenvalue weighted by atomic mass is 9.94. The Balaban J connectivity index is 0.00000162. The molecule has 0 spiro atoms. The third-order valence-electron chi connectivity index (χ3n) is 3.74. The molecule has 0 aromatic carbocycles. The number of carbonyl (C=O) groups is 2. The standard InChI is InChI=1S/C12H21N3O2.ClH/c1-13-10-3-2-6-15(8-10)12(17)9-4-5-14-11(16)7-9;/h9-10,13H,2-8H2,1H3,(H,14,16);1H. The van der Waals surface area contributed by atoms with Gasteiger partial charge in [-0.25, -0.2) is 0 Å². The molecule has 0 bridgehead atoms. The average molecular weight is 276 g/mol. The van der Waals surface area contributed by atoms with E-state index in [9.17, 15) is 9.59 Å². The number of likely N-dealkylation sites (N-methyl/N-ethyl adjacent to an activating group) is 1. The number of hydrogen-bond acceptors (Lipinski definition) is 3. The maximum Gasteiger partial charge on any atom is 0.226 e. The van der Waals surface area contributed by atoms with Crippen LogP contribution in [0.4, 0.5) is 0 Å². The number of rotatable bonds is 2. The van der Waals surface area contributed by atoms with Crippen LogP contribution in [0.1, 0.15) is 25.7 Å². The van der Waals surface area contributed by atoms with Crippen LogP contribution in [0.3, 0.4) is 0 Å². The van der Waals surface area contributed by atoms with Crippen molar-refractivity contribution < 1.29 is 9.59 Å². The highest BCUT2D eigenvalue weighted by Crippen LogP contribution is 2.19. The summed E-state index contributed by atoms with van der Waals surface area (Å²) in [4.78, 5) is 25.5. The lowest BCUT2D eigenvalue weighted by molar-refractivity contribution is -0.141. The number of carbonyl (C=O) groups excluding carboxylic acids is 2. The van der Waals surface area contributed by atoms with Gasteiger partial charge < -0.3 is 15.5 Å². The maximum absolute atomic E-state index is 12.3. The number of nitrogens with one attached hydrogen (secondary N) is 2. The summed E-state index contributed by atoms with van der Waals surface area (Å²) in [5, 5.41) is 5.99. The van der Waals surface area contributed by atoms with Gasteiger partial charge in [0.25, 0.3) is 0 Å². The van der Waals surface area contributed by atoms with Crippen LogP contribution in [-0.2, 0) is 9.59 Å². The van der Waals surface area contributed by atoms with Gasteiger partial charge in [-0.1, -0.05) is 0 Å². The third kappa shape index (κ3) is 3.59. The van der Waals surface area contributed by atoms with Gasteiger partial charge in [-0.15, -0.1) is 12.4 Å². The lowest BCUT2D eigenvalue weighted by Crippen LogP contribution is -2.50. The molecule has 104 valence electrons. The summed E-state index contributed by atoms with van der Waals surface area (Å²) in [6.07, 6.45) is 3.33. The molecule has 0 aliphatic carbocycles. The normalized spacial score (nSPS) is 28.3. The van der Waals surface area contributed by atoms with Crippen LogP contribution in [0, 0.1) is 5.92 Å². The zero-order valence-corrected chi connectivity index (χ0v) is 11.6. The van der Waals surface area contributed by atoms with Crippen LogP contribution < -0.4 is 10.6 Å². The van der Waals surface area contributed by atoms with Crippen molar-refractivity contribution in [2.45, 2.75) is 31.7 Å². The summed E-state index contributed by atoms with van der Waals surface area (Å²) >= 11 is 0. The third-order valence-corrected chi connectivity index (χ3v) is 3.74. The minimum atomic E-state index is -0.0978. The highest BCUT2D eigenvalue weighted by molar-refractivity contribution is 5.87. The molecule has 0 saturated carbocycles. The van der Waals surface area contributed by atoms with E-state index in [1.165, 1.54) is 0 Å². The van der Waals surface area contributed by atoms with Crippen LogP contribution >= 0.6 is 12.4 Å². The van der Waals surface area contributed by atoms with E-state index in [-0.39, 0.29) is 30.1 Å². The molecule has 0 aromatic rings. The van der Waals surface area contributed by atoms with E-state index >= 15 is 0 Å². The summed E-state index contributed by atoms with van der Waals surface area (Å²) in [6.45, 7) is 2.27. The predicted molar refractivity (Wildman–Crippen MR) is 71.6 cm³/mol. The molecule has 2 rings (SSSR count). The molecule has 18 heavy (non-hydrogen) atoms. The van der Waals surface area contributed by atoms with Gasteiger partial charge in [0.1, 0.15) is 0 Å².